The van der Waals surface area contributed by atoms with Crippen LogP contribution in [0.4, 0.5) is 4.39 Å². The second kappa shape index (κ2) is 4.73. The van der Waals surface area contributed by atoms with E-state index in [1.54, 1.807) is 12.1 Å². The Morgan fingerprint density at radius 1 is 1.27 bits per heavy atom. The van der Waals surface area contributed by atoms with Crippen molar-refractivity contribution in [2.24, 2.45) is 16.7 Å². The fraction of sp³-hybridized carbons (Fsp3) is 0.471. The number of benzene rings is 1. The minimum atomic E-state index is -1.24. The SMILES string of the molecule is CC1(C)[C@@H]2CC[C@]1(C(=O)NCc1ccc(F)cc1)C(=O)C2=O. The Morgan fingerprint density at radius 2 is 1.91 bits per heavy atom. The van der Waals surface area contributed by atoms with E-state index in [1.807, 2.05) is 13.8 Å². The summed E-state index contributed by atoms with van der Waals surface area (Å²) in [5.41, 5.74) is -1.14. The van der Waals surface area contributed by atoms with E-state index in [2.05, 4.69) is 5.32 Å². The molecule has 0 radical (unpaired) electrons. The van der Waals surface area contributed by atoms with Crippen LogP contribution < -0.4 is 5.32 Å². The molecular weight excluding hydrogens is 285 g/mol. The number of nitrogens with one attached hydrogen (secondary N) is 1. The lowest BCUT2D eigenvalue weighted by Gasteiger charge is -2.33. The molecule has 2 saturated carbocycles. The molecule has 0 aliphatic heterocycles. The van der Waals surface area contributed by atoms with Crippen LogP contribution in [0, 0.1) is 22.6 Å². The summed E-state index contributed by atoms with van der Waals surface area (Å²) in [4.78, 5) is 37.1. The van der Waals surface area contributed by atoms with Crippen molar-refractivity contribution in [3.63, 3.8) is 0 Å². The molecule has 116 valence electrons. The van der Waals surface area contributed by atoms with Crippen LogP contribution in [-0.2, 0) is 20.9 Å². The second-order valence-corrected chi connectivity index (χ2v) is 6.72. The van der Waals surface area contributed by atoms with Gasteiger partial charge in [0.2, 0.25) is 17.5 Å². The maximum absolute atomic E-state index is 12.9. The molecule has 1 amide bonds. The number of ketones is 2. The zero-order valence-corrected chi connectivity index (χ0v) is 12.6. The molecule has 3 rings (SSSR count). The molecule has 1 aromatic rings. The Bertz CT molecular complexity index is 665. The summed E-state index contributed by atoms with van der Waals surface area (Å²) in [7, 11) is 0. The van der Waals surface area contributed by atoms with Crippen LogP contribution in [0.5, 0.6) is 0 Å². The summed E-state index contributed by atoms with van der Waals surface area (Å²) in [6.45, 7) is 3.86. The minimum Gasteiger partial charge on any atom is -0.351 e. The van der Waals surface area contributed by atoms with Crippen molar-refractivity contribution in [3.05, 3.63) is 35.6 Å². The normalized spacial score (nSPS) is 29.0. The van der Waals surface area contributed by atoms with Crippen LogP contribution in [0.3, 0.4) is 0 Å². The molecule has 2 atom stereocenters. The van der Waals surface area contributed by atoms with Crippen LogP contribution in [0.15, 0.2) is 24.3 Å². The van der Waals surface area contributed by atoms with Gasteiger partial charge in [-0.15, -0.1) is 0 Å². The molecule has 0 spiro atoms. The van der Waals surface area contributed by atoms with Crippen molar-refractivity contribution in [1.29, 1.82) is 0 Å². The first-order chi connectivity index (χ1) is 10.3. The van der Waals surface area contributed by atoms with Gasteiger partial charge < -0.3 is 5.32 Å². The fourth-order valence-corrected chi connectivity index (χ4v) is 4.02. The Kier molecular flexibility index (Phi) is 3.20. The summed E-state index contributed by atoms with van der Waals surface area (Å²) >= 11 is 0. The van der Waals surface area contributed by atoms with Crippen molar-refractivity contribution in [3.8, 4) is 0 Å². The third-order valence-electron chi connectivity index (χ3n) is 5.46. The molecule has 1 N–H and O–H groups in total. The molecule has 0 unspecified atom stereocenters. The quantitative estimate of drug-likeness (QED) is 0.686. The van der Waals surface area contributed by atoms with Crippen molar-refractivity contribution < 1.29 is 18.8 Å². The number of hydrogen-bond donors (Lipinski definition) is 1. The molecule has 2 fully saturated rings. The number of halogens is 1. The molecule has 0 aromatic heterocycles. The maximum atomic E-state index is 12.9. The van der Waals surface area contributed by atoms with Gasteiger partial charge >= 0.3 is 0 Å². The van der Waals surface area contributed by atoms with E-state index in [0.29, 0.717) is 12.8 Å². The summed E-state index contributed by atoms with van der Waals surface area (Å²) < 4.78 is 12.9. The van der Waals surface area contributed by atoms with Crippen molar-refractivity contribution in [2.75, 3.05) is 0 Å². The van der Waals surface area contributed by atoms with Crippen molar-refractivity contribution >= 4 is 17.5 Å². The Balaban J connectivity index is 1.81. The van der Waals surface area contributed by atoms with E-state index in [4.69, 9.17) is 0 Å². The predicted octanol–water partition coefficient (Wildman–Crippen LogP) is 2.02. The van der Waals surface area contributed by atoms with Crippen LogP contribution in [-0.4, -0.2) is 17.5 Å². The highest BCUT2D eigenvalue weighted by Gasteiger charge is 2.72. The van der Waals surface area contributed by atoms with E-state index in [9.17, 15) is 18.8 Å². The molecule has 5 heteroatoms. The van der Waals surface area contributed by atoms with Crippen LogP contribution >= 0.6 is 0 Å². The number of rotatable bonds is 3. The first-order valence-corrected chi connectivity index (χ1v) is 7.42. The van der Waals surface area contributed by atoms with Gasteiger partial charge in [-0.25, -0.2) is 4.39 Å². The lowest BCUT2D eigenvalue weighted by molar-refractivity contribution is -0.149. The number of Topliss-reactive ketones (excluding diaryl/α,β-unsaturated/α-hetero) is 2. The van der Waals surface area contributed by atoms with Crippen LogP contribution in [0.25, 0.3) is 0 Å². The van der Waals surface area contributed by atoms with Gasteiger partial charge in [0.15, 0.2) is 0 Å². The number of amides is 1. The molecular formula is C17H18FNO3. The van der Waals surface area contributed by atoms with Gasteiger partial charge in [-0.2, -0.15) is 0 Å². The van der Waals surface area contributed by atoms with E-state index in [-0.39, 0.29) is 24.2 Å². The van der Waals surface area contributed by atoms with Crippen LogP contribution in [0.1, 0.15) is 32.3 Å². The van der Waals surface area contributed by atoms with E-state index >= 15 is 0 Å². The lowest BCUT2D eigenvalue weighted by Crippen LogP contribution is -2.50. The maximum Gasteiger partial charge on any atom is 0.235 e. The summed E-state index contributed by atoms with van der Waals surface area (Å²) in [5, 5.41) is 2.75. The highest BCUT2D eigenvalue weighted by Crippen LogP contribution is 2.62. The van der Waals surface area contributed by atoms with Gasteiger partial charge in [0.05, 0.1) is 0 Å². The van der Waals surface area contributed by atoms with Gasteiger partial charge in [-0.1, -0.05) is 26.0 Å². The second-order valence-electron chi connectivity index (χ2n) is 6.72. The minimum absolute atomic E-state index is 0.211. The number of hydrogen-bond acceptors (Lipinski definition) is 3. The van der Waals surface area contributed by atoms with E-state index < -0.39 is 22.4 Å². The third kappa shape index (κ3) is 1.77. The first-order valence-electron chi connectivity index (χ1n) is 7.42. The average Bonchev–Trinajstić information content (AvgIpc) is 2.83. The van der Waals surface area contributed by atoms with Gasteiger partial charge in [-0.3, -0.25) is 14.4 Å². The molecule has 2 aliphatic carbocycles. The predicted molar refractivity (Wildman–Crippen MR) is 77.2 cm³/mol. The summed E-state index contributed by atoms with van der Waals surface area (Å²) in [6.07, 6.45) is 1.01. The van der Waals surface area contributed by atoms with Crippen LogP contribution in [0.2, 0.25) is 0 Å². The zero-order chi connectivity index (χ0) is 16.1. The standard InChI is InChI=1S/C17H18FNO3/c1-16(2)12-7-8-17(16,14(21)13(12)20)15(22)19-9-10-3-5-11(18)6-4-10/h3-6,12H,7-9H2,1-2H3,(H,19,22)/t12-,17-/m1/s1. The Morgan fingerprint density at radius 3 is 2.45 bits per heavy atom. The molecule has 22 heavy (non-hydrogen) atoms. The van der Waals surface area contributed by atoms with E-state index in [0.717, 1.165) is 5.56 Å². The molecule has 2 bridgehead atoms. The average molecular weight is 303 g/mol. The molecule has 1 aromatic carbocycles. The summed E-state index contributed by atoms with van der Waals surface area (Å²) in [6, 6.07) is 5.80. The molecule has 0 saturated heterocycles. The number of carbonyl (C=O) groups excluding carboxylic acids is 3. The largest absolute Gasteiger partial charge is 0.351 e. The zero-order valence-electron chi connectivity index (χ0n) is 12.6. The number of fused-ring (bicyclic) bond motifs is 2. The van der Waals surface area contributed by atoms with Gasteiger partial charge in [0, 0.05) is 12.5 Å². The summed E-state index contributed by atoms with van der Waals surface area (Å²) in [5.74, 6) is -2.04. The van der Waals surface area contributed by atoms with E-state index in [1.165, 1.54) is 12.1 Å². The third-order valence-corrected chi connectivity index (χ3v) is 5.46. The fourth-order valence-electron chi connectivity index (χ4n) is 4.02. The van der Waals surface area contributed by atoms with Gasteiger partial charge in [-0.05, 0) is 36.0 Å². The van der Waals surface area contributed by atoms with Crippen molar-refractivity contribution in [1.82, 2.24) is 5.32 Å². The molecule has 4 nitrogen and oxygen atoms in total. The van der Waals surface area contributed by atoms with Gasteiger partial charge in [0.25, 0.3) is 0 Å². The highest BCUT2D eigenvalue weighted by atomic mass is 19.1. The highest BCUT2D eigenvalue weighted by molar-refractivity contribution is 6.47. The number of carbonyl (C=O) groups is 3. The Labute approximate surface area is 128 Å². The topological polar surface area (TPSA) is 63.2 Å². The lowest BCUT2D eigenvalue weighted by atomic mass is 9.68. The van der Waals surface area contributed by atoms with Gasteiger partial charge in [0.1, 0.15) is 11.2 Å². The monoisotopic (exact) mass is 303 g/mol. The molecule has 0 heterocycles. The smallest absolute Gasteiger partial charge is 0.235 e. The Hall–Kier alpha value is -2.04. The molecule has 2 aliphatic rings. The first kappa shape index (κ1) is 14.9. The van der Waals surface area contributed by atoms with Crippen molar-refractivity contribution in [2.45, 2.75) is 33.2 Å².